The van der Waals surface area contributed by atoms with E-state index in [9.17, 15) is 4.79 Å². The number of H-pyrrole nitrogens is 1. The molecule has 2 atom stereocenters. The van der Waals surface area contributed by atoms with Gasteiger partial charge in [0.2, 0.25) is 0 Å². The summed E-state index contributed by atoms with van der Waals surface area (Å²) in [6.07, 6.45) is 3.14. The molecule has 2 saturated heterocycles. The third-order valence-electron chi connectivity index (χ3n) is 6.75. The quantitative estimate of drug-likeness (QED) is 0.626. The Morgan fingerprint density at radius 1 is 1.22 bits per heavy atom. The van der Waals surface area contributed by atoms with Gasteiger partial charge in [-0.25, -0.2) is 4.68 Å². The fourth-order valence-electron chi connectivity index (χ4n) is 4.79. The number of rotatable bonds is 6. The van der Waals surface area contributed by atoms with Gasteiger partial charge in [-0.1, -0.05) is 13.0 Å². The number of fused-ring (bicyclic) bond motifs is 1. The van der Waals surface area contributed by atoms with Crippen LogP contribution in [0.1, 0.15) is 42.8 Å². The minimum absolute atomic E-state index is 0.0858. The van der Waals surface area contributed by atoms with Gasteiger partial charge in [0, 0.05) is 43.9 Å². The van der Waals surface area contributed by atoms with Crippen LogP contribution in [0.25, 0.3) is 10.9 Å². The Morgan fingerprint density at radius 2 is 2.06 bits per heavy atom. The lowest BCUT2D eigenvalue weighted by atomic mass is 10.0. The number of hydrogen-bond donors (Lipinski definition) is 1. The first kappa shape index (κ1) is 21.2. The Labute approximate surface area is 187 Å². The van der Waals surface area contributed by atoms with Crippen molar-refractivity contribution in [1.29, 1.82) is 0 Å². The molecule has 0 bridgehead atoms. The molecule has 2 aliphatic rings. The number of aromatic amines is 1. The van der Waals surface area contributed by atoms with E-state index in [1.807, 2.05) is 16.8 Å². The highest BCUT2D eigenvalue weighted by atomic mass is 16.5. The minimum atomic E-state index is -0.307. The van der Waals surface area contributed by atoms with Gasteiger partial charge in [0.05, 0.1) is 12.6 Å². The third-order valence-corrected chi connectivity index (χ3v) is 6.75. The van der Waals surface area contributed by atoms with Gasteiger partial charge < -0.3 is 14.6 Å². The summed E-state index contributed by atoms with van der Waals surface area (Å²) in [7, 11) is 2.13. The van der Waals surface area contributed by atoms with Crippen LogP contribution in [0.5, 0.6) is 0 Å². The van der Waals surface area contributed by atoms with E-state index in [1.54, 1.807) is 0 Å². The van der Waals surface area contributed by atoms with E-state index in [-0.39, 0.29) is 17.7 Å². The van der Waals surface area contributed by atoms with E-state index in [0.29, 0.717) is 17.9 Å². The molecule has 9 heteroatoms. The zero-order valence-corrected chi connectivity index (χ0v) is 18.8. The van der Waals surface area contributed by atoms with Crippen LogP contribution in [-0.2, 0) is 17.7 Å². The molecule has 1 N–H and O–H groups in total. The van der Waals surface area contributed by atoms with Gasteiger partial charge in [0.25, 0.3) is 5.56 Å². The van der Waals surface area contributed by atoms with E-state index in [0.717, 1.165) is 63.0 Å². The van der Waals surface area contributed by atoms with Crippen molar-refractivity contribution in [2.45, 2.75) is 44.9 Å². The predicted octanol–water partition coefficient (Wildman–Crippen LogP) is 1.59. The smallest absolute Gasteiger partial charge is 0.253 e. The van der Waals surface area contributed by atoms with Crippen LogP contribution in [0.4, 0.5) is 0 Å². The fraction of sp³-hybridized carbons (Fsp3) is 0.565. The first-order valence-corrected chi connectivity index (χ1v) is 11.6. The summed E-state index contributed by atoms with van der Waals surface area (Å²) in [5.74, 6) is 0.710. The minimum Gasteiger partial charge on any atom is -0.376 e. The van der Waals surface area contributed by atoms with Gasteiger partial charge in [-0.3, -0.25) is 9.69 Å². The van der Waals surface area contributed by atoms with E-state index < -0.39 is 0 Å². The summed E-state index contributed by atoms with van der Waals surface area (Å²) in [6, 6.07) is 7.94. The van der Waals surface area contributed by atoms with Crippen molar-refractivity contribution in [2.24, 2.45) is 0 Å². The molecule has 1 aromatic carbocycles. The Bertz CT molecular complexity index is 1130. The van der Waals surface area contributed by atoms with Crippen molar-refractivity contribution >= 4 is 10.9 Å². The Hall–Kier alpha value is -2.62. The molecule has 0 spiro atoms. The zero-order valence-electron chi connectivity index (χ0n) is 18.8. The van der Waals surface area contributed by atoms with Crippen molar-refractivity contribution < 1.29 is 4.74 Å². The second kappa shape index (κ2) is 9.09. The van der Waals surface area contributed by atoms with Gasteiger partial charge >= 0.3 is 0 Å². The van der Waals surface area contributed by atoms with Crippen molar-refractivity contribution in [2.75, 3.05) is 39.8 Å². The Balaban J connectivity index is 1.59. The predicted molar refractivity (Wildman–Crippen MR) is 122 cm³/mol. The molecule has 0 amide bonds. The van der Waals surface area contributed by atoms with Crippen LogP contribution in [0.15, 0.2) is 29.1 Å². The van der Waals surface area contributed by atoms with Crippen LogP contribution < -0.4 is 5.56 Å². The second-order valence-corrected chi connectivity index (χ2v) is 8.92. The van der Waals surface area contributed by atoms with Gasteiger partial charge in [0.15, 0.2) is 5.82 Å². The van der Waals surface area contributed by atoms with Crippen LogP contribution in [0, 0.1) is 0 Å². The third kappa shape index (κ3) is 4.20. The van der Waals surface area contributed by atoms with Gasteiger partial charge in [-0.15, -0.1) is 5.10 Å². The van der Waals surface area contributed by atoms with Crippen molar-refractivity contribution in [3.63, 3.8) is 0 Å². The highest BCUT2D eigenvalue weighted by Crippen LogP contribution is 2.28. The molecule has 0 radical (unpaired) electrons. The number of likely N-dealkylation sites (N-methyl/N-ethyl adjacent to an activating group) is 1. The maximum absolute atomic E-state index is 13.3. The summed E-state index contributed by atoms with van der Waals surface area (Å²) in [4.78, 5) is 21.0. The molecule has 4 heterocycles. The molecule has 2 fully saturated rings. The number of aromatic nitrogens is 5. The van der Waals surface area contributed by atoms with E-state index >= 15 is 0 Å². The lowest BCUT2D eigenvalue weighted by Crippen LogP contribution is -2.47. The molecule has 170 valence electrons. The largest absolute Gasteiger partial charge is 0.376 e. The van der Waals surface area contributed by atoms with E-state index in [1.165, 1.54) is 5.56 Å². The Morgan fingerprint density at radius 3 is 2.81 bits per heavy atom. The SMILES string of the molecule is CCc1ccc2[nH]c(=O)c([C@H](c3nnnn3C[C@H]3CCCO3)N3CCN(C)CC3)cc2c1. The van der Waals surface area contributed by atoms with Crippen molar-refractivity contribution in [3.8, 4) is 0 Å². The summed E-state index contributed by atoms with van der Waals surface area (Å²) >= 11 is 0. The lowest BCUT2D eigenvalue weighted by Gasteiger charge is -2.37. The number of aryl methyl sites for hydroxylation is 1. The van der Waals surface area contributed by atoms with Crippen LogP contribution in [0.3, 0.4) is 0 Å². The van der Waals surface area contributed by atoms with Crippen LogP contribution in [0.2, 0.25) is 0 Å². The average molecular weight is 438 g/mol. The average Bonchev–Trinajstić information content (AvgIpc) is 3.48. The normalized spacial score (nSPS) is 21.4. The summed E-state index contributed by atoms with van der Waals surface area (Å²) in [5.41, 5.74) is 2.71. The van der Waals surface area contributed by atoms with Gasteiger partial charge in [-0.2, -0.15) is 0 Å². The Kier molecular flexibility index (Phi) is 6.03. The molecule has 0 saturated carbocycles. The summed E-state index contributed by atoms with van der Waals surface area (Å²) in [6.45, 7) is 7.11. The van der Waals surface area contributed by atoms with E-state index in [4.69, 9.17) is 4.74 Å². The number of nitrogens with one attached hydrogen (secondary N) is 1. The molecule has 0 unspecified atom stereocenters. The maximum Gasteiger partial charge on any atom is 0.253 e. The topological polar surface area (TPSA) is 92.2 Å². The number of piperazine rings is 1. The molecule has 2 aromatic heterocycles. The highest BCUT2D eigenvalue weighted by Gasteiger charge is 2.33. The molecule has 5 rings (SSSR count). The fourth-order valence-corrected chi connectivity index (χ4v) is 4.79. The van der Waals surface area contributed by atoms with Crippen molar-refractivity contribution in [1.82, 2.24) is 35.0 Å². The lowest BCUT2D eigenvalue weighted by molar-refractivity contribution is 0.0878. The first-order valence-electron chi connectivity index (χ1n) is 11.6. The summed E-state index contributed by atoms with van der Waals surface area (Å²) < 4.78 is 7.67. The van der Waals surface area contributed by atoms with Gasteiger partial charge in [0.1, 0.15) is 6.04 Å². The molecular formula is C23H31N7O2. The molecule has 2 aliphatic heterocycles. The number of hydrogen-bond acceptors (Lipinski definition) is 7. The number of benzene rings is 1. The van der Waals surface area contributed by atoms with Crippen LogP contribution >= 0.6 is 0 Å². The van der Waals surface area contributed by atoms with Crippen LogP contribution in [-0.4, -0.2) is 80.9 Å². The van der Waals surface area contributed by atoms with Crippen molar-refractivity contribution in [3.05, 3.63) is 51.6 Å². The van der Waals surface area contributed by atoms with Gasteiger partial charge in [-0.05, 0) is 65.9 Å². The molecule has 9 nitrogen and oxygen atoms in total. The number of ether oxygens (including phenoxy) is 1. The van der Waals surface area contributed by atoms with E-state index in [2.05, 4.69) is 56.4 Å². The zero-order chi connectivity index (χ0) is 22.1. The standard InChI is InChI=1S/C23H31N7O2/c1-3-16-6-7-20-17(13-16)14-19(23(31)24-20)21(29-10-8-28(2)9-11-29)22-25-26-27-30(22)15-18-5-4-12-32-18/h6-7,13-14,18,21H,3-5,8-12,15H2,1-2H3,(H,24,31)/t18-,21-/m1/s1. The number of nitrogens with zero attached hydrogens (tertiary/aromatic N) is 6. The molecular weight excluding hydrogens is 406 g/mol. The molecule has 0 aliphatic carbocycles. The summed E-state index contributed by atoms with van der Waals surface area (Å²) in [5, 5.41) is 13.7. The maximum atomic E-state index is 13.3. The second-order valence-electron chi connectivity index (χ2n) is 8.92. The molecule has 32 heavy (non-hydrogen) atoms. The number of tetrazole rings is 1. The molecule has 3 aromatic rings. The number of pyridine rings is 1. The first-order chi connectivity index (χ1) is 15.6. The monoisotopic (exact) mass is 437 g/mol. The highest BCUT2D eigenvalue weighted by molar-refractivity contribution is 5.80.